The zero-order valence-electron chi connectivity index (χ0n) is 9.95. The van der Waals surface area contributed by atoms with E-state index in [0.29, 0.717) is 0 Å². The lowest BCUT2D eigenvalue weighted by Gasteiger charge is -2.03. The van der Waals surface area contributed by atoms with Crippen molar-refractivity contribution in [2.75, 3.05) is 0 Å². The molecule has 0 unspecified atom stereocenters. The summed E-state index contributed by atoms with van der Waals surface area (Å²) in [4.78, 5) is 0. The molecule has 0 amide bonds. The van der Waals surface area contributed by atoms with E-state index in [4.69, 9.17) is 0 Å². The fourth-order valence-electron chi connectivity index (χ4n) is 2.23. The maximum Gasteiger partial charge on any atom is 0.211 e. The summed E-state index contributed by atoms with van der Waals surface area (Å²) in [5.41, 5.74) is 1.25. The number of fused-ring (bicyclic) bond motifs is 1. The van der Waals surface area contributed by atoms with Crippen LogP contribution < -0.4 is 4.57 Å². The van der Waals surface area contributed by atoms with Crippen LogP contribution in [-0.2, 0) is 6.54 Å². The third kappa shape index (κ3) is 2.05. The Morgan fingerprint density at radius 3 is 2.61 bits per heavy atom. The van der Waals surface area contributed by atoms with Gasteiger partial charge in [0.2, 0.25) is 6.20 Å². The minimum atomic E-state index is 0.290. The Hall–Kier alpha value is -2.35. The Morgan fingerprint density at radius 2 is 1.72 bits per heavy atom. The van der Waals surface area contributed by atoms with E-state index in [1.54, 1.807) is 12.3 Å². The molecule has 0 saturated heterocycles. The smallest absolute Gasteiger partial charge is 0.211 e. The Bertz CT molecular complexity index is 686. The fraction of sp³-hybridized carbons (Fsp3) is 0.0625. The van der Waals surface area contributed by atoms with Crippen LogP contribution in [0.15, 0.2) is 67.0 Å². The summed E-state index contributed by atoms with van der Waals surface area (Å²) in [6, 6.07) is 18.2. The van der Waals surface area contributed by atoms with Crippen molar-refractivity contribution in [2.45, 2.75) is 6.54 Å². The lowest BCUT2D eigenvalue weighted by molar-refractivity contribution is -0.688. The van der Waals surface area contributed by atoms with Crippen molar-refractivity contribution in [1.29, 1.82) is 0 Å². The SMILES string of the molecule is Oc1ccc[n+](Cc2cccc3ccccc23)c1. The van der Waals surface area contributed by atoms with Gasteiger partial charge in [-0.25, -0.2) is 0 Å². The molecule has 0 atom stereocenters. The first-order valence-electron chi connectivity index (χ1n) is 5.98. The van der Waals surface area contributed by atoms with Gasteiger partial charge in [0.05, 0.1) is 0 Å². The van der Waals surface area contributed by atoms with Gasteiger partial charge in [0.1, 0.15) is 0 Å². The maximum atomic E-state index is 9.48. The van der Waals surface area contributed by atoms with Gasteiger partial charge in [0.15, 0.2) is 18.5 Å². The van der Waals surface area contributed by atoms with Crippen molar-refractivity contribution >= 4 is 10.8 Å². The van der Waals surface area contributed by atoms with Crippen LogP contribution in [0.1, 0.15) is 5.56 Å². The minimum Gasteiger partial charge on any atom is -0.503 e. The largest absolute Gasteiger partial charge is 0.503 e. The van der Waals surface area contributed by atoms with E-state index in [1.807, 2.05) is 22.9 Å². The summed E-state index contributed by atoms with van der Waals surface area (Å²) in [6.07, 6.45) is 3.70. The van der Waals surface area contributed by atoms with Gasteiger partial charge >= 0.3 is 0 Å². The fourth-order valence-corrected chi connectivity index (χ4v) is 2.23. The number of nitrogens with zero attached hydrogens (tertiary/aromatic N) is 1. The van der Waals surface area contributed by atoms with E-state index >= 15 is 0 Å². The summed E-state index contributed by atoms with van der Waals surface area (Å²) in [5.74, 6) is 0.290. The van der Waals surface area contributed by atoms with Crippen LogP contribution in [0.25, 0.3) is 10.8 Å². The van der Waals surface area contributed by atoms with Gasteiger partial charge in [-0.05, 0) is 16.8 Å². The highest BCUT2D eigenvalue weighted by molar-refractivity contribution is 5.85. The van der Waals surface area contributed by atoms with Crippen molar-refractivity contribution in [2.24, 2.45) is 0 Å². The van der Waals surface area contributed by atoms with Gasteiger partial charge in [-0.3, -0.25) is 0 Å². The summed E-state index contributed by atoms with van der Waals surface area (Å²) >= 11 is 0. The summed E-state index contributed by atoms with van der Waals surface area (Å²) < 4.78 is 1.98. The molecule has 2 nitrogen and oxygen atoms in total. The van der Waals surface area contributed by atoms with E-state index in [0.717, 1.165) is 6.54 Å². The van der Waals surface area contributed by atoms with Crippen LogP contribution in [0.3, 0.4) is 0 Å². The van der Waals surface area contributed by atoms with Gasteiger partial charge in [0, 0.05) is 11.6 Å². The first-order valence-corrected chi connectivity index (χ1v) is 5.98. The van der Waals surface area contributed by atoms with Crippen molar-refractivity contribution in [3.8, 4) is 5.75 Å². The molecule has 0 spiro atoms. The minimum absolute atomic E-state index is 0.290. The summed E-state index contributed by atoms with van der Waals surface area (Å²) in [7, 11) is 0. The summed E-state index contributed by atoms with van der Waals surface area (Å²) in [5, 5.41) is 12.0. The molecule has 1 aromatic heterocycles. The molecule has 1 heterocycles. The second-order valence-electron chi connectivity index (χ2n) is 4.37. The molecule has 3 rings (SSSR count). The molecular formula is C16H14NO+. The Morgan fingerprint density at radius 1 is 0.889 bits per heavy atom. The second kappa shape index (κ2) is 4.49. The van der Waals surface area contributed by atoms with Gasteiger partial charge in [-0.1, -0.05) is 42.5 Å². The standard InChI is InChI=1S/C16H13NO/c18-15-8-4-10-17(12-15)11-14-7-3-6-13-5-1-2-9-16(13)14/h1-10,12H,11H2/p+1. The molecule has 0 bridgehead atoms. The van der Waals surface area contributed by atoms with E-state index in [9.17, 15) is 5.11 Å². The highest BCUT2D eigenvalue weighted by Gasteiger charge is 2.06. The zero-order valence-corrected chi connectivity index (χ0v) is 9.95. The van der Waals surface area contributed by atoms with Crippen LogP contribution in [0.4, 0.5) is 0 Å². The van der Waals surface area contributed by atoms with Gasteiger partial charge < -0.3 is 5.11 Å². The highest BCUT2D eigenvalue weighted by Crippen LogP contribution is 2.18. The molecule has 18 heavy (non-hydrogen) atoms. The first-order chi connectivity index (χ1) is 8.83. The topological polar surface area (TPSA) is 24.1 Å². The van der Waals surface area contributed by atoms with Crippen molar-refractivity contribution in [3.05, 3.63) is 72.6 Å². The summed E-state index contributed by atoms with van der Waals surface area (Å²) in [6.45, 7) is 0.760. The monoisotopic (exact) mass is 236 g/mol. The molecule has 2 aromatic carbocycles. The maximum absolute atomic E-state index is 9.48. The number of rotatable bonds is 2. The van der Waals surface area contributed by atoms with Crippen LogP contribution in [0, 0.1) is 0 Å². The Balaban J connectivity index is 2.05. The van der Waals surface area contributed by atoms with E-state index in [-0.39, 0.29) is 5.75 Å². The number of benzene rings is 2. The van der Waals surface area contributed by atoms with Crippen molar-refractivity contribution in [3.63, 3.8) is 0 Å². The molecule has 0 aliphatic heterocycles. The van der Waals surface area contributed by atoms with Crippen LogP contribution in [-0.4, -0.2) is 5.11 Å². The Labute approximate surface area is 106 Å². The molecule has 0 saturated carbocycles. The molecule has 0 fully saturated rings. The quantitative estimate of drug-likeness (QED) is 0.680. The van der Waals surface area contributed by atoms with Gasteiger partial charge in [-0.2, -0.15) is 4.57 Å². The second-order valence-corrected chi connectivity index (χ2v) is 4.37. The molecular weight excluding hydrogens is 222 g/mol. The van der Waals surface area contributed by atoms with E-state index in [2.05, 4.69) is 36.4 Å². The predicted molar refractivity (Wildman–Crippen MR) is 71.4 cm³/mol. The molecule has 88 valence electrons. The van der Waals surface area contributed by atoms with E-state index < -0.39 is 0 Å². The third-order valence-corrected chi connectivity index (χ3v) is 3.08. The first kappa shape index (κ1) is 10.8. The molecule has 1 N–H and O–H groups in total. The lowest BCUT2D eigenvalue weighted by atomic mass is 10.0. The van der Waals surface area contributed by atoms with Gasteiger partial charge in [-0.15, -0.1) is 0 Å². The number of aromatic nitrogens is 1. The number of pyridine rings is 1. The molecule has 2 heteroatoms. The third-order valence-electron chi connectivity index (χ3n) is 3.08. The molecule has 3 aromatic rings. The number of hydrogen-bond donors (Lipinski definition) is 1. The molecule has 0 aliphatic carbocycles. The highest BCUT2D eigenvalue weighted by atomic mass is 16.3. The van der Waals surface area contributed by atoms with Crippen molar-refractivity contribution < 1.29 is 9.67 Å². The van der Waals surface area contributed by atoms with Crippen LogP contribution >= 0.6 is 0 Å². The predicted octanol–water partition coefficient (Wildman–Crippen LogP) is 2.88. The van der Waals surface area contributed by atoms with Crippen molar-refractivity contribution in [1.82, 2.24) is 0 Å². The lowest BCUT2D eigenvalue weighted by Crippen LogP contribution is -2.32. The average Bonchev–Trinajstić information content (AvgIpc) is 2.39. The van der Waals surface area contributed by atoms with Gasteiger partial charge in [0.25, 0.3) is 0 Å². The Kier molecular flexibility index (Phi) is 2.69. The van der Waals surface area contributed by atoms with Crippen LogP contribution in [0.5, 0.6) is 5.75 Å². The number of aromatic hydroxyl groups is 1. The average molecular weight is 236 g/mol. The normalized spacial score (nSPS) is 10.7. The number of hydrogen-bond acceptors (Lipinski definition) is 1. The van der Waals surface area contributed by atoms with E-state index in [1.165, 1.54) is 16.3 Å². The molecule has 0 aliphatic rings. The molecule has 0 radical (unpaired) electrons. The van der Waals surface area contributed by atoms with Crippen LogP contribution in [0.2, 0.25) is 0 Å². The zero-order chi connectivity index (χ0) is 12.4.